The summed E-state index contributed by atoms with van der Waals surface area (Å²) < 4.78 is 0. The van der Waals surface area contributed by atoms with Crippen molar-refractivity contribution in [3.05, 3.63) is 56.0 Å². The zero-order valence-corrected chi connectivity index (χ0v) is 9.56. The molecule has 0 aromatic heterocycles. The van der Waals surface area contributed by atoms with Crippen LogP contribution in [-0.2, 0) is 6.61 Å². The number of hydrogen-bond donors (Lipinski definition) is 1. The molecule has 94 valence electrons. The summed E-state index contributed by atoms with van der Waals surface area (Å²) in [5, 5.41) is 23.1. The van der Waals surface area contributed by atoms with Crippen molar-refractivity contribution in [1.29, 1.82) is 0 Å². The van der Waals surface area contributed by atoms with Crippen LogP contribution in [0.25, 0.3) is 16.5 Å². The maximum absolute atomic E-state index is 10.7. The van der Waals surface area contributed by atoms with Gasteiger partial charge in [0.2, 0.25) is 0 Å². The van der Waals surface area contributed by atoms with Crippen LogP contribution in [0.1, 0.15) is 17.5 Å². The van der Waals surface area contributed by atoms with Crippen molar-refractivity contribution >= 4 is 11.8 Å². The molecule has 0 saturated carbocycles. The third-order valence-electron chi connectivity index (χ3n) is 2.24. The number of nitro benzene ring substituents is 1. The fraction of sp³-hybridized carbons (Fsp3) is 0.273. The van der Waals surface area contributed by atoms with Crippen LogP contribution >= 0.6 is 0 Å². The zero-order chi connectivity index (χ0) is 13.4. The second kappa shape index (κ2) is 7.05. The Labute approximate surface area is 103 Å². The van der Waals surface area contributed by atoms with Gasteiger partial charge >= 0.3 is 0 Å². The molecule has 0 aliphatic heterocycles. The summed E-state index contributed by atoms with van der Waals surface area (Å²) in [5.41, 5.74) is 9.01. The van der Waals surface area contributed by atoms with Crippen molar-refractivity contribution in [3.63, 3.8) is 0 Å². The number of azide groups is 1. The quantitative estimate of drug-likeness (QED) is 0.208. The van der Waals surface area contributed by atoms with Crippen LogP contribution in [0.5, 0.6) is 0 Å². The van der Waals surface area contributed by atoms with Crippen LogP contribution in [0.2, 0.25) is 0 Å². The molecule has 0 spiro atoms. The lowest BCUT2D eigenvalue weighted by Crippen LogP contribution is -1.95. The fourth-order valence-corrected chi connectivity index (χ4v) is 1.41. The average molecular weight is 248 g/mol. The predicted octanol–water partition coefficient (Wildman–Crippen LogP) is 2.80. The van der Waals surface area contributed by atoms with Gasteiger partial charge in [-0.1, -0.05) is 17.3 Å². The number of aliphatic hydroxyl groups excluding tert-OH is 1. The molecule has 1 rings (SSSR count). The topological polar surface area (TPSA) is 112 Å². The molecule has 1 aromatic carbocycles. The SMILES string of the molecule is [N-]=[N+]=NCCC=Cc1ccc([N+](=O)[O-])c(CO)c1. The number of rotatable bonds is 6. The van der Waals surface area contributed by atoms with E-state index in [1.165, 1.54) is 6.07 Å². The minimum Gasteiger partial charge on any atom is -0.391 e. The van der Waals surface area contributed by atoms with Gasteiger partial charge in [0.05, 0.1) is 17.1 Å². The molecule has 0 radical (unpaired) electrons. The van der Waals surface area contributed by atoms with Crippen molar-refractivity contribution in [1.82, 2.24) is 0 Å². The smallest absolute Gasteiger partial charge is 0.274 e. The highest BCUT2D eigenvalue weighted by Crippen LogP contribution is 2.20. The summed E-state index contributed by atoms with van der Waals surface area (Å²) in [6, 6.07) is 4.52. The molecule has 0 aliphatic rings. The number of nitro groups is 1. The van der Waals surface area contributed by atoms with Crippen molar-refractivity contribution in [3.8, 4) is 0 Å². The molecule has 0 fully saturated rings. The Morgan fingerprint density at radius 1 is 1.56 bits per heavy atom. The van der Waals surface area contributed by atoms with Crippen LogP contribution < -0.4 is 0 Å². The summed E-state index contributed by atoms with van der Waals surface area (Å²) in [7, 11) is 0. The first-order chi connectivity index (χ1) is 8.69. The molecule has 0 amide bonds. The van der Waals surface area contributed by atoms with Crippen LogP contribution in [0.15, 0.2) is 29.4 Å². The van der Waals surface area contributed by atoms with Crippen LogP contribution in [0.4, 0.5) is 5.69 Å². The number of hydrogen-bond acceptors (Lipinski definition) is 4. The van der Waals surface area contributed by atoms with E-state index in [-0.39, 0.29) is 17.9 Å². The number of nitrogens with zero attached hydrogens (tertiary/aromatic N) is 4. The maximum Gasteiger partial charge on any atom is 0.274 e. The highest BCUT2D eigenvalue weighted by molar-refractivity contribution is 5.55. The molecule has 0 unspecified atom stereocenters. The van der Waals surface area contributed by atoms with Gasteiger partial charge in [0, 0.05) is 17.5 Å². The Morgan fingerprint density at radius 3 is 2.94 bits per heavy atom. The summed E-state index contributed by atoms with van der Waals surface area (Å²) in [4.78, 5) is 12.7. The van der Waals surface area contributed by atoms with Crippen molar-refractivity contribution in [2.75, 3.05) is 6.54 Å². The van der Waals surface area contributed by atoms with E-state index in [1.54, 1.807) is 24.3 Å². The third kappa shape index (κ3) is 3.89. The van der Waals surface area contributed by atoms with E-state index < -0.39 is 4.92 Å². The molecule has 0 atom stereocenters. The second-order valence-electron chi connectivity index (χ2n) is 3.45. The highest BCUT2D eigenvalue weighted by Gasteiger charge is 2.12. The maximum atomic E-state index is 10.7. The number of aliphatic hydroxyl groups is 1. The summed E-state index contributed by atoms with van der Waals surface area (Å²) >= 11 is 0. The highest BCUT2D eigenvalue weighted by atomic mass is 16.6. The summed E-state index contributed by atoms with van der Waals surface area (Å²) in [6.07, 6.45) is 4.16. The molecule has 7 heteroatoms. The van der Waals surface area contributed by atoms with Crippen LogP contribution in [0.3, 0.4) is 0 Å². The van der Waals surface area contributed by atoms with Crippen LogP contribution in [-0.4, -0.2) is 16.6 Å². The lowest BCUT2D eigenvalue weighted by molar-refractivity contribution is -0.385. The van der Waals surface area contributed by atoms with Crippen molar-refractivity contribution in [2.24, 2.45) is 5.11 Å². The van der Waals surface area contributed by atoms with Gasteiger partial charge in [-0.25, -0.2) is 0 Å². The largest absolute Gasteiger partial charge is 0.391 e. The van der Waals surface area contributed by atoms with Gasteiger partial charge in [-0.2, -0.15) is 0 Å². The van der Waals surface area contributed by atoms with E-state index in [4.69, 9.17) is 10.6 Å². The molecule has 0 bridgehead atoms. The first-order valence-electron chi connectivity index (χ1n) is 5.24. The molecule has 7 nitrogen and oxygen atoms in total. The Morgan fingerprint density at radius 2 is 2.33 bits per heavy atom. The predicted molar refractivity (Wildman–Crippen MR) is 66.7 cm³/mol. The van der Waals surface area contributed by atoms with Crippen molar-refractivity contribution < 1.29 is 10.0 Å². The van der Waals surface area contributed by atoms with Gasteiger partial charge in [0.25, 0.3) is 5.69 Å². The Hall–Kier alpha value is -2.37. The van der Waals surface area contributed by atoms with E-state index in [2.05, 4.69) is 10.0 Å². The fourth-order valence-electron chi connectivity index (χ4n) is 1.41. The van der Waals surface area contributed by atoms with Crippen molar-refractivity contribution in [2.45, 2.75) is 13.0 Å². The van der Waals surface area contributed by atoms with E-state index in [0.29, 0.717) is 13.0 Å². The summed E-state index contributed by atoms with van der Waals surface area (Å²) in [5.74, 6) is 0. The number of benzene rings is 1. The zero-order valence-electron chi connectivity index (χ0n) is 9.56. The van der Waals surface area contributed by atoms with Gasteiger partial charge in [0.15, 0.2) is 0 Å². The lowest BCUT2D eigenvalue weighted by atomic mass is 10.1. The van der Waals surface area contributed by atoms with Gasteiger partial charge in [0.1, 0.15) is 0 Å². The lowest BCUT2D eigenvalue weighted by Gasteiger charge is -2.00. The van der Waals surface area contributed by atoms with Gasteiger partial charge in [-0.15, -0.1) is 0 Å². The standard InChI is InChI=1S/C11H12N4O3/c12-14-13-6-2-1-3-9-4-5-11(15(17)18)10(7-9)8-16/h1,3-5,7,16H,2,6,8H2. The van der Waals surface area contributed by atoms with E-state index >= 15 is 0 Å². The molecule has 1 N–H and O–H groups in total. The van der Waals surface area contributed by atoms with E-state index in [9.17, 15) is 10.1 Å². The van der Waals surface area contributed by atoms with Gasteiger partial charge in [-0.05, 0) is 29.6 Å². The molecular formula is C11H12N4O3. The van der Waals surface area contributed by atoms with Gasteiger partial charge in [-0.3, -0.25) is 10.1 Å². The van der Waals surface area contributed by atoms with Gasteiger partial charge < -0.3 is 5.11 Å². The first kappa shape index (κ1) is 13.7. The molecular weight excluding hydrogens is 236 g/mol. The molecule has 0 heterocycles. The second-order valence-corrected chi connectivity index (χ2v) is 3.45. The summed E-state index contributed by atoms with van der Waals surface area (Å²) in [6.45, 7) is -0.0104. The molecule has 0 saturated heterocycles. The monoisotopic (exact) mass is 248 g/mol. The average Bonchev–Trinajstić information content (AvgIpc) is 2.38. The Bertz CT molecular complexity index is 507. The van der Waals surface area contributed by atoms with E-state index in [0.717, 1.165) is 5.56 Å². The first-order valence-corrected chi connectivity index (χ1v) is 5.24. The molecule has 0 aliphatic carbocycles. The minimum absolute atomic E-state index is 0.0938. The normalized spacial score (nSPS) is 10.3. The van der Waals surface area contributed by atoms with Crippen LogP contribution in [0, 0.1) is 10.1 Å². The molecule has 1 aromatic rings. The molecule has 18 heavy (non-hydrogen) atoms. The Balaban J connectivity index is 2.79. The van der Waals surface area contributed by atoms with E-state index in [1.807, 2.05) is 0 Å². The third-order valence-corrected chi connectivity index (χ3v) is 2.24. The Kier molecular flexibility index (Phi) is 5.37. The minimum atomic E-state index is -0.527.